The van der Waals surface area contributed by atoms with Crippen molar-refractivity contribution in [1.29, 1.82) is 0 Å². The Labute approximate surface area is 155 Å². The van der Waals surface area contributed by atoms with Gasteiger partial charge in [-0.2, -0.15) is 5.10 Å². The average Bonchev–Trinajstić information content (AvgIpc) is 3.27. The van der Waals surface area contributed by atoms with E-state index in [1.807, 2.05) is 13.8 Å². The molecular weight excluding hydrogens is 361 g/mol. The molecule has 7 heteroatoms. The summed E-state index contributed by atoms with van der Waals surface area (Å²) in [6.45, 7) is 5.10. The molecule has 2 aromatic heterocycles. The number of hydrogen-bond donors (Lipinski definition) is 0. The fraction of sp³-hybridized carbons (Fsp3) is 0.222. The lowest BCUT2D eigenvalue weighted by Crippen LogP contribution is -2.32. The van der Waals surface area contributed by atoms with Gasteiger partial charge in [0.2, 0.25) is 0 Å². The van der Waals surface area contributed by atoms with E-state index in [2.05, 4.69) is 5.10 Å². The summed E-state index contributed by atoms with van der Waals surface area (Å²) in [5.74, 6) is 0.480. The van der Waals surface area contributed by atoms with E-state index in [0.29, 0.717) is 46.0 Å². The summed E-state index contributed by atoms with van der Waals surface area (Å²) in [5, 5.41) is 5.38. The van der Waals surface area contributed by atoms with E-state index < -0.39 is 0 Å². The molecule has 0 unspecified atom stereocenters. The van der Waals surface area contributed by atoms with Gasteiger partial charge >= 0.3 is 0 Å². The number of benzene rings is 1. The van der Waals surface area contributed by atoms with Gasteiger partial charge in [-0.3, -0.25) is 4.79 Å². The fourth-order valence-electron chi connectivity index (χ4n) is 2.56. The van der Waals surface area contributed by atoms with Crippen LogP contribution in [0.15, 0.2) is 47.1 Å². The second-order valence-corrected chi connectivity index (χ2v) is 6.19. The van der Waals surface area contributed by atoms with Gasteiger partial charge in [-0.15, -0.1) is 0 Å². The number of rotatable bonds is 5. The third-order valence-corrected chi connectivity index (χ3v) is 4.64. The Hall–Kier alpha value is -2.24. The van der Waals surface area contributed by atoms with Gasteiger partial charge in [0.05, 0.1) is 22.0 Å². The Bertz CT molecular complexity index is 884. The Morgan fingerprint density at radius 3 is 2.52 bits per heavy atom. The number of carbonyl (C=O) groups excluding carboxylic acids is 1. The van der Waals surface area contributed by atoms with E-state index in [1.54, 1.807) is 52.2 Å². The maximum atomic E-state index is 12.9. The molecule has 0 saturated carbocycles. The van der Waals surface area contributed by atoms with E-state index in [0.717, 1.165) is 0 Å². The monoisotopic (exact) mass is 377 g/mol. The van der Waals surface area contributed by atoms with Crippen molar-refractivity contribution in [2.24, 2.45) is 0 Å². The minimum Gasteiger partial charge on any atom is -0.463 e. The number of hydrogen-bond acceptors (Lipinski definition) is 3. The molecule has 3 aromatic rings. The zero-order valence-electron chi connectivity index (χ0n) is 13.9. The first-order chi connectivity index (χ1) is 12.0. The summed E-state index contributed by atoms with van der Waals surface area (Å²) in [6.07, 6.45) is 1.57. The zero-order valence-corrected chi connectivity index (χ0v) is 15.4. The van der Waals surface area contributed by atoms with Crippen LogP contribution in [0.3, 0.4) is 0 Å². The second-order valence-electron chi connectivity index (χ2n) is 5.38. The highest BCUT2D eigenvalue weighted by atomic mass is 35.5. The van der Waals surface area contributed by atoms with E-state index in [1.165, 1.54) is 0 Å². The molecule has 0 fully saturated rings. The van der Waals surface area contributed by atoms with Crippen molar-refractivity contribution in [1.82, 2.24) is 14.7 Å². The number of furan rings is 1. The third-order valence-electron chi connectivity index (χ3n) is 3.90. The van der Waals surface area contributed by atoms with Gasteiger partial charge in [0.1, 0.15) is 11.4 Å². The first kappa shape index (κ1) is 17.6. The molecule has 0 aliphatic rings. The first-order valence-electron chi connectivity index (χ1n) is 7.93. The van der Waals surface area contributed by atoms with Crippen LogP contribution in [0.2, 0.25) is 10.0 Å². The van der Waals surface area contributed by atoms with Crippen molar-refractivity contribution in [3.8, 4) is 17.1 Å². The predicted molar refractivity (Wildman–Crippen MR) is 98.5 cm³/mol. The van der Waals surface area contributed by atoms with Crippen molar-refractivity contribution in [3.05, 3.63) is 58.4 Å². The molecule has 0 atom stereocenters. The largest absolute Gasteiger partial charge is 0.463 e. The average molecular weight is 378 g/mol. The van der Waals surface area contributed by atoms with Crippen LogP contribution in [0.4, 0.5) is 0 Å². The quantitative estimate of drug-likeness (QED) is 0.633. The summed E-state index contributed by atoms with van der Waals surface area (Å²) in [7, 11) is 0. The van der Waals surface area contributed by atoms with E-state index in [4.69, 9.17) is 27.6 Å². The number of halogens is 2. The Kier molecular flexibility index (Phi) is 5.16. The van der Waals surface area contributed by atoms with Crippen molar-refractivity contribution >= 4 is 29.1 Å². The lowest BCUT2D eigenvalue weighted by atomic mass is 10.2. The molecule has 0 aliphatic heterocycles. The topological polar surface area (TPSA) is 51.3 Å². The van der Waals surface area contributed by atoms with Gasteiger partial charge < -0.3 is 9.32 Å². The Balaban J connectivity index is 2.14. The van der Waals surface area contributed by atoms with Gasteiger partial charge in [-0.25, -0.2) is 4.68 Å². The normalized spacial score (nSPS) is 10.9. The molecule has 0 saturated heterocycles. The summed E-state index contributed by atoms with van der Waals surface area (Å²) in [4.78, 5) is 14.6. The van der Waals surface area contributed by atoms with Crippen LogP contribution < -0.4 is 0 Å². The zero-order chi connectivity index (χ0) is 18.0. The Morgan fingerprint density at radius 1 is 1.16 bits per heavy atom. The molecule has 0 spiro atoms. The summed E-state index contributed by atoms with van der Waals surface area (Å²) >= 11 is 12.1. The highest BCUT2D eigenvalue weighted by Gasteiger charge is 2.22. The van der Waals surface area contributed by atoms with Crippen LogP contribution in [0.5, 0.6) is 0 Å². The standard InChI is InChI=1S/C18H17Cl2N3O2/c1-3-22(4-2)18(24)16-11-15(17-6-5-9-25-17)21-23(16)12-7-8-13(19)14(20)10-12/h5-11H,3-4H2,1-2H3. The molecule has 2 heterocycles. The molecule has 0 N–H and O–H groups in total. The summed E-state index contributed by atoms with van der Waals surface area (Å²) in [5.41, 5.74) is 1.67. The highest BCUT2D eigenvalue weighted by molar-refractivity contribution is 6.42. The number of nitrogens with zero attached hydrogens (tertiary/aromatic N) is 3. The van der Waals surface area contributed by atoms with E-state index in [-0.39, 0.29) is 5.91 Å². The minimum atomic E-state index is -0.110. The van der Waals surface area contributed by atoms with Crippen LogP contribution >= 0.6 is 23.2 Å². The number of carbonyl (C=O) groups is 1. The van der Waals surface area contributed by atoms with Crippen LogP contribution in [-0.4, -0.2) is 33.7 Å². The fourth-order valence-corrected chi connectivity index (χ4v) is 2.86. The predicted octanol–water partition coefficient (Wildman–Crippen LogP) is 4.92. The molecule has 130 valence electrons. The molecular formula is C18H17Cl2N3O2. The lowest BCUT2D eigenvalue weighted by Gasteiger charge is -2.19. The molecule has 5 nitrogen and oxygen atoms in total. The second kappa shape index (κ2) is 7.33. The van der Waals surface area contributed by atoms with Crippen molar-refractivity contribution < 1.29 is 9.21 Å². The molecule has 0 bridgehead atoms. The van der Waals surface area contributed by atoms with E-state index in [9.17, 15) is 4.79 Å². The smallest absolute Gasteiger partial charge is 0.272 e. The van der Waals surface area contributed by atoms with Gasteiger partial charge in [-0.1, -0.05) is 23.2 Å². The summed E-state index contributed by atoms with van der Waals surface area (Å²) in [6, 6.07) is 10.4. The summed E-state index contributed by atoms with van der Waals surface area (Å²) < 4.78 is 6.98. The molecule has 0 aliphatic carbocycles. The van der Waals surface area contributed by atoms with Crippen LogP contribution in [0.25, 0.3) is 17.1 Å². The Morgan fingerprint density at radius 2 is 1.92 bits per heavy atom. The highest BCUT2D eigenvalue weighted by Crippen LogP contribution is 2.27. The van der Waals surface area contributed by atoms with Gasteiger partial charge in [-0.05, 0) is 44.2 Å². The van der Waals surface area contributed by atoms with Crippen molar-refractivity contribution in [3.63, 3.8) is 0 Å². The van der Waals surface area contributed by atoms with E-state index >= 15 is 0 Å². The maximum absolute atomic E-state index is 12.9. The van der Waals surface area contributed by atoms with Gasteiger partial charge in [0.15, 0.2) is 5.76 Å². The lowest BCUT2D eigenvalue weighted by molar-refractivity contribution is 0.0764. The van der Waals surface area contributed by atoms with Gasteiger partial charge in [0.25, 0.3) is 5.91 Å². The maximum Gasteiger partial charge on any atom is 0.272 e. The van der Waals surface area contributed by atoms with Crippen molar-refractivity contribution in [2.45, 2.75) is 13.8 Å². The molecule has 0 radical (unpaired) electrons. The molecule has 1 aromatic carbocycles. The SMILES string of the molecule is CCN(CC)C(=O)c1cc(-c2ccco2)nn1-c1ccc(Cl)c(Cl)c1. The van der Waals surface area contributed by atoms with Crippen molar-refractivity contribution in [2.75, 3.05) is 13.1 Å². The molecule has 1 amide bonds. The third kappa shape index (κ3) is 3.43. The number of amides is 1. The van der Waals surface area contributed by atoms with Crippen LogP contribution in [0, 0.1) is 0 Å². The number of aromatic nitrogens is 2. The van der Waals surface area contributed by atoms with Gasteiger partial charge in [0, 0.05) is 19.2 Å². The van der Waals surface area contributed by atoms with Crippen LogP contribution in [0.1, 0.15) is 24.3 Å². The first-order valence-corrected chi connectivity index (χ1v) is 8.69. The van der Waals surface area contributed by atoms with Crippen LogP contribution in [-0.2, 0) is 0 Å². The minimum absolute atomic E-state index is 0.110. The molecule has 25 heavy (non-hydrogen) atoms. The molecule has 3 rings (SSSR count).